The summed E-state index contributed by atoms with van der Waals surface area (Å²) in [6, 6.07) is 0.514. The van der Waals surface area contributed by atoms with Crippen molar-refractivity contribution < 1.29 is 25.5 Å². The van der Waals surface area contributed by atoms with Crippen molar-refractivity contribution in [3.63, 3.8) is 0 Å². The van der Waals surface area contributed by atoms with E-state index in [2.05, 4.69) is 4.98 Å². The van der Waals surface area contributed by atoms with E-state index in [0.717, 1.165) is 6.20 Å². The standard InChI is InChI=1S/C6H2F4INO2S/c7-6(8,9)4-1-3(11)2-12-5(4)15(10,13)14/h1-2H. The van der Waals surface area contributed by atoms with Crippen LogP contribution in [0.4, 0.5) is 17.1 Å². The molecule has 0 saturated heterocycles. The van der Waals surface area contributed by atoms with Gasteiger partial charge < -0.3 is 0 Å². The molecule has 1 aromatic rings. The molecule has 84 valence electrons. The van der Waals surface area contributed by atoms with Crippen molar-refractivity contribution in [2.45, 2.75) is 11.2 Å². The van der Waals surface area contributed by atoms with Crippen molar-refractivity contribution >= 4 is 32.8 Å². The summed E-state index contributed by atoms with van der Waals surface area (Å²) in [5.74, 6) is 0. The molecule has 0 unspecified atom stereocenters. The zero-order chi connectivity index (χ0) is 11.9. The number of pyridine rings is 1. The quantitative estimate of drug-likeness (QED) is 0.442. The second-order valence-corrected chi connectivity index (χ2v) is 4.95. The normalized spacial score (nSPS) is 12.9. The second kappa shape index (κ2) is 3.85. The van der Waals surface area contributed by atoms with Gasteiger partial charge in [-0.1, -0.05) is 3.89 Å². The monoisotopic (exact) mass is 355 g/mol. The van der Waals surface area contributed by atoms with Crippen LogP contribution in [0.1, 0.15) is 5.56 Å². The molecular weight excluding hydrogens is 353 g/mol. The van der Waals surface area contributed by atoms with E-state index in [4.69, 9.17) is 0 Å². The summed E-state index contributed by atoms with van der Waals surface area (Å²) in [6.45, 7) is 0. The molecule has 0 atom stereocenters. The predicted molar refractivity (Wildman–Crippen MR) is 50.2 cm³/mol. The van der Waals surface area contributed by atoms with Crippen molar-refractivity contribution in [2.24, 2.45) is 0 Å². The summed E-state index contributed by atoms with van der Waals surface area (Å²) in [5, 5.41) is -1.60. The van der Waals surface area contributed by atoms with Crippen LogP contribution in [0.3, 0.4) is 0 Å². The van der Waals surface area contributed by atoms with Gasteiger partial charge in [0.25, 0.3) is 0 Å². The highest BCUT2D eigenvalue weighted by molar-refractivity contribution is 14.1. The number of alkyl halides is 3. The molecule has 0 saturated carbocycles. The van der Waals surface area contributed by atoms with Gasteiger partial charge in [0.05, 0.1) is 5.56 Å². The Morgan fingerprint density at radius 2 is 1.87 bits per heavy atom. The Balaban J connectivity index is 3.55. The van der Waals surface area contributed by atoms with Gasteiger partial charge in [-0.3, -0.25) is 0 Å². The fourth-order valence-electron chi connectivity index (χ4n) is 0.824. The summed E-state index contributed by atoms with van der Waals surface area (Å²) < 4.78 is 70.1. The minimum absolute atomic E-state index is 0.0623. The minimum Gasteiger partial charge on any atom is -0.241 e. The van der Waals surface area contributed by atoms with Crippen molar-refractivity contribution in [1.82, 2.24) is 4.98 Å². The van der Waals surface area contributed by atoms with Crippen LogP contribution in [-0.4, -0.2) is 13.4 Å². The third-order valence-electron chi connectivity index (χ3n) is 1.35. The highest BCUT2D eigenvalue weighted by Gasteiger charge is 2.38. The van der Waals surface area contributed by atoms with Gasteiger partial charge in [0.1, 0.15) is 0 Å². The Labute approximate surface area is 95.9 Å². The number of rotatable bonds is 1. The van der Waals surface area contributed by atoms with Crippen LogP contribution in [0.2, 0.25) is 0 Å². The lowest BCUT2D eigenvalue weighted by molar-refractivity contribution is -0.140. The fraction of sp³-hybridized carbons (Fsp3) is 0.167. The van der Waals surface area contributed by atoms with Crippen molar-refractivity contribution in [1.29, 1.82) is 0 Å². The van der Waals surface area contributed by atoms with E-state index >= 15 is 0 Å². The SMILES string of the molecule is O=S(=O)(F)c1ncc(I)cc1C(F)(F)F. The van der Waals surface area contributed by atoms with E-state index in [1.807, 2.05) is 0 Å². The van der Waals surface area contributed by atoms with E-state index in [9.17, 15) is 25.5 Å². The van der Waals surface area contributed by atoms with Crippen LogP contribution >= 0.6 is 22.6 Å². The van der Waals surface area contributed by atoms with Crippen LogP contribution in [-0.2, 0) is 16.4 Å². The number of halogens is 5. The maximum absolute atomic E-state index is 12.5. The van der Waals surface area contributed by atoms with Gasteiger partial charge in [-0.25, -0.2) is 4.98 Å². The minimum atomic E-state index is -5.47. The Hall–Kier alpha value is -0.450. The van der Waals surface area contributed by atoms with Crippen LogP contribution < -0.4 is 0 Å². The van der Waals surface area contributed by atoms with Crippen molar-refractivity contribution in [2.75, 3.05) is 0 Å². The largest absolute Gasteiger partial charge is 0.419 e. The Bertz CT molecular complexity index is 484. The molecule has 1 rings (SSSR count). The molecule has 0 aliphatic heterocycles. The van der Waals surface area contributed by atoms with Crippen LogP contribution in [0.15, 0.2) is 17.3 Å². The van der Waals surface area contributed by atoms with Gasteiger partial charge in [-0.05, 0) is 28.7 Å². The average molecular weight is 355 g/mol. The Kier molecular flexibility index (Phi) is 3.24. The number of nitrogens with zero attached hydrogens (tertiary/aromatic N) is 1. The van der Waals surface area contributed by atoms with Gasteiger partial charge in [0.2, 0.25) is 0 Å². The van der Waals surface area contributed by atoms with E-state index in [0.29, 0.717) is 6.07 Å². The molecule has 0 aliphatic rings. The van der Waals surface area contributed by atoms with Crippen LogP contribution in [0.5, 0.6) is 0 Å². The molecule has 0 spiro atoms. The molecule has 0 radical (unpaired) electrons. The van der Waals surface area contributed by atoms with E-state index in [1.165, 1.54) is 22.6 Å². The van der Waals surface area contributed by atoms with Crippen LogP contribution in [0, 0.1) is 3.57 Å². The number of hydrogen-bond donors (Lipinski definition) is 0. The maximum atomic E-state index is 12.5. The highest BCUT2D eigenvalue weighted by Crippen LogP contribution is 2.34. The van der Waals surface area contributed by atoms with E-state index in [1.54, 1.807) is 0 Å². The lowest BCUT2D eigenvalue weighted by atomic mass is 10.3. The smallest absolute Gasteiger partial charge is 0.241 e. The van der Waals surface area contributed by atoms with Gasteiger partial charge in [0, 0.05) is 9.77 Å². The third kappa shape index (κ3) is 3.00. The lowest BCUT2D eigenvalue weighted by Crippen LogP contribution is -2.13. The molecule has 0 N–H and O–H groups in total. The van der Waals surface area contributed by atoms with Gasteiger partial charge in [-0.15, -0.1) is 0 Å². The van der Waals surface area contributed by atoms with Gasteiger partial charge in [0.15, 0.2) is 5.03 Å². The first-order valence-electron chi connectivity index (χ1n) is 3.30. The zero-order valence-electron chi connectivity index (χ0n) is 6.72. The summed E-state index contributed by atoms with van der Waals surface area (Å²) in [5.41, 5.74) is -1.60. The molecule has 15 heavy (non-hydrogen) atoms. The molecular formula is C6H2F4INO2S. The summed E-state index contributed by atoms with van der Waals surface area (Å²) in [7, 11) is -5.47. The molecule has 0 aliphatic carbocycles. The molecule has 0 fully saturated rings. The van der Waals surface area contributed by atoms with E-state index < -0.39 is 27.0 Å². The number of aromatic nitrogens is 1. The third-order valence-corrected chi connectivity index (χ3v) is 2.73. The molecule has 1 heterocycles. The Morgan fingerprint density at radius 3 is 2.27 bits per heavy atom. The molecule has 0 aromatic carbocycles. The van der Waals surface area contributed by atoms with E-state index in [-0.39, 0.29) is 3.57 Å². The van der Waals surface area contributed by atoms with Crippen molar-refractivity contribution in [3.8, 4) is 0 Å². The first kappa shape index (κ1) is 12.6. The van der Waals surface area contributed by atoms with Gasteiger partial charge >= 0.3 is 16.4 Å². The molecule has 9 heteroatoms. The topological polar surface area (TPSA) is 47.0 Å². The first-order chi connectivity index (χ1) is 6.62. The first-order valence-corrected chi connectivity index (χ1v) is 5.76. The average Bonchev–Trinajstić information content (AvgIpc) is 2.00. The second-order valence-electron chi connectivity index (χ2n) is 2.44. The fourth-order valence-corrected chi connectivity index (χ4v) is 1.89. The summed E-state index contributed by atoms with van der Waals surface area (Å²) in [6.07, 6.45) is -4.12. The summed E-state index contributed by atoms with van der Waals surface area (Å²) in [4.78, 5) is 2.93. The highest BCUT2D eigenvalue weighted by atomic mass is 127. The molecule has 0 bridgehead atoms. The van der Waals surface area contributed by atoms with Gasteiger partial charge in [-0.2, -0.15) is 21.6 Å². The Morgan fingerprint density at radius 1 is 1.33 bits per heavy atom. The van der Waals surface area contributed by atoms with Crippen LogP contribution in [0.25, 0.3) is 0 Å². The molecule has 1 aromatic heterocycles. The lowest BCUT2D eigenvalue weighted by Gasteiger charge is -2.09. The predicted octanol–water partition coefficient (Wildman–Crippen LogP) is 2.36. The number of hydrogen-bond acceptors (Lipinski definition) is 3. The summed E-state index contributed by atoms with van der Waals surface area (Å²) >= 11 is 1.51. The van der Waals surface area contributed by atoms with Crippen molar-refractivity contribution in [3.05, 3.63) is 21.4 Å². The molecule has 0 amide bonds. The molecule has 3 nitrogen and oxygen atoms in total. The maximum Gasteiger partial charge on any atom is 0.419 e. The zero-order valence-corrected chi connectivity index (χ0v) is 9.69.